The van der Waals surface area contributed by atoms with Gasteiger partial charge in [-0.2, -0.15) is 13.2 Å². The van der Waals surface area contributed by atoms with Gasteiger partial charge >= 0.3 is 24.4 Å². The van der Waals surface area contributed by atoms with Crippen LogP contribution in [0.3, 0.4) is 0 Å². The molecule has 2 saturated carbocycles. The molecule has 4 amide bonds. The summed E-state index contributed by atoms with van der Waals surface area (Å²) in [6, 6.07) is -1.65. The molecule has 0 aromatic carbocycles. The Morgan fingerprint density at radius 1 is 1.16 bits per heavy atom. The van der Waals surface area contributed by atoms with Gasteiger partial charge in [0.2, 0.25) is 11.8 Å². The van der Waals surface area contributed by atoms with Gasteiger partial charge in [-0.15, -0.1) is 13.2 Å². The second-order valence-electron chi connectivity index (χ2n) is 10.1. The number of alkyl halides is 6. The number of nitrogens with one attached hydrogen (secondary N) is 2. The average Bonchev–Trinajstić information content (AvgIpc) is 3.64. The number of likely N-dealkylation sites (tertiary alicyclic amines) is 1. The van der Waals surface area contributed by atoms with Crippen molar-refractivity contribution in [2.75, 3.05) is 19.7 Å². The van der Waals surface area contributed by atoms with Gasteiger partial charge in [0.25, 0.3) is 0 Å². The molecule has 5 atom stereocenters. The summed E-state index contributed by atoms with van der Waals surface area (Å²) in [5.41, 5.74) is 1.48. The number of hydrogen-bond donors (Lipinski definition) is 3. The van der Waals surface area contributed by atoms with Crippen LogP contribution in [-0.4, -0.2) is 78.1 Å². The highest BCUT2D eigenvalue weighted by Crippen LogP contribution is 2.67. The third-order valence-corrected chi connectivity index (χ3v) is 7.91. The van der Waals surface area contributed by atoms with Crippen molar-refractivity contribution >= 4 is 29.4 Å². The van der Waals surface area contributed by atoms with Gasteiger partial charge in [-0.1, -0.05) is 0 Å². The first kappa shape index (κ1) is 27.1. The van der Waals surface area contributed by atoms with Crippen LogP contribution in [0.25, 0.3) is 0 Å². The summed E-state index contributed by atoms with van der Waals surface area (Å²) >= 11 is 0. The third kappa shape index (κ3) is 4.86. The molecule has 2 heterocycles. The number of carbonyl (C=O) groups is 5. The largest absolute Gasteiger partial charge is 0.522 e. The maximum Gasteiger partial charge on any atom is 0.522 e. The fourth-order valence-corrected chi connectivity index (χ4v) is 5.87. The van der Waals surface area contributed by atoms with Gasteiger partial charge in [0.05, 0.1) is 0 Å². The molecule has 16 heteroatoms. The monoisotopic (exact) mass is 542 g/mol. The van der Waals surface area contributed by atoms with E-state index < -0.39 is 96.1 Å². The summed E-state index contributed by atoms with van der Waals surface area (Å²) < 4.78 is 81.2. The molecule has 0 aromatic rings. The molecule has 4 N–H and O–H groups in total. The summed E-state index contributed by atoms with van der Waals surface area (Å²) in [5, 5.41) is 4.21. The van der Waals surface area contributed by atoms with Crippen molar-refractivity contribution in [2.24, 2.45) is 28.9 Å². The summed E-state index contributed by atoms with van der Waals surface area (Å²) in [6.45, 7) is -1.46. The van der Waals surface area contributed by atoms with E-state index in [9.17, 15) is 50.3 Å². The minimum absolute atomic E-state index is 0.0786. The molecule has 0 radical (unpaired) electrons. The molecule has 0 bridgehead atoms. The van der Waals surface area contributed by atoms with Crippen molar-refractivity contribution in [1.29, 1.82) is 0 Å². The molecule has 37 heavy (non-hydrogen) atoms. The molecule has 2 aliphatic heterocycles. The number of Topliss-reactive ketones (excluding diaryl/α,β-unsaturated/α-hetero) is 1. The number of nitrogens with two attached hydrogens (primary N) is 1. The normalized spacial score (nSPS) is 30.8. The van der Waals surface area contributed by atoms with E-state index in [2.05, 4.69) is 10.1 Å². The minimum Gasteiger partial charge on any atom is -0.368 e. The smallest absolute Gasteiger partial charge is 0.368 e. The van der Waals surface area contributed by atoms with Gasteiger partial charge in [-0.3, -0.25) is 28.7 Å². The Labute approximate surface area is 205 Å². The average molecular weight is 542 g/mol. The van der Waals surface area contributed by atoms with E-state index in [0.717, 1.165) is 0 Å². The van der Waals surface area contributed by atoms with Crippen LogP contribution in [-0.2, 0) is 28.7 Å². The molecular weight excluding hydrogens is 518 g/mol. The number of nitrogens with zero attached hydrogens (tertiary/aromatic N) is 1. The van der Waals surface area contributed by atoms with Gasteiger partial charge in [-0.05, 0) is 38.0 Å². The zero-order valence-electron chi connectivity index (χ0n) is 19.2. The van der Waals surface area contributed by atoms with E-state index in [0.29, 0.717) is 4.90 Å². The number of amides is 4. The predicted molar refractivity (Wildman–Crippen MR) is 108 cm³/mol. The van der Waals surface area contributed by atoms with E-state index >= 15 is 0 Å². The lowest BCUT2D eigenvalue weighted by Gasteiger charge is -2.34. The Kier molecular flexibility index (Phi) is 6.48. The number of fused-ring (bicyclic) bond motifs is 1. The Bertz CT molecular complexity index is 1030. The standard InChI is InChI=1S/C21H24F6N4O6/c22-20(23,24)18(2-3-18)30-16(35)17(36)31-7-10-6-19(10,13(31)14(28)33)11(5-9-1-4-29-15(9)34)12(32)8-37-21(25,26)27/h9-11,13H,1-8H2,(H2,28,33)(H,29,34)(H,30,35)/t9-,10?,11-,13?,19?/m1/s1. The Morgan fingerprint density at radius 3 is 2.30 bits per heavy atom. The van der Waals surface area contributed by atoms with Gasteiger partial charge in [-0.25, -0.2) is 0 Å². The van der Waals surface area contributed by atoms with Gasteiger partial charge in [0, 0.05) is 30.3 Å². The third-order valence-electron chi connectivity index (χ3n) is 7.91. The molecule has 4 aliphatic rings. The Hall–Kier alpha value is -2.91. The lowest BCUT2D eigenvalue weighted by molar-refractivity contribution is -0.321. The maximum absolute atomic E-state index is 13.2. The fourth-order valence-electron chi connectivity index (χ4n) is 5.87. The number of ether oxygens (including phenoxy) is 1. The molecule has 0 aromatic heterocycles. The molecule has 0 spiro atoms. The van der Waals surface area contributed by atoms with Crippen molar-refractivity contribution in [3.63, 3.8) is 0 Å². The molecular formula is C21H24F6N4O6. The number of hydrogen-bond acceptors (Lipinski definition) is 6. The maximum atomic E-state index is 13.2. The second-order valence-corrected chi connectivity index (χ2v) is 10.1. The van der Waals surface area contributed by atoms with Crippen LogP contribution in [0.1, 0.15) is 32.1 Å². The van der Waals surface area contributed by atoms with Gasteiger partial charge < -0.3 is 21.3 Å². The fraction of sp³-hybridized carbons (Fsp3) is 0.762. The summed E-state index contributed by atoms with van der Waals surface area (Å²) in [5.74, 6) is -8.55. The van der Waals surface area contributed by atoms with E-state index in [-0.39, 0.29) is 32.4 Å². The Morgan fingerprint density at radius 2 is 1.81 bits per heavy atom. The van der Waals surface area contributed by atoms with Crippen LogP contribution in [0, 0.1) is 23.2 Å². The molecule has 2 saturated heterocycles. The topological polar surface area (TPSA) is 148 Å². The highest BCUT2D eigenvalue weighted by atomic mass is 19.4. The Balaban J connectivity index is 1.59. The highest BCUT2D eigenvalue weighted by Gasteiger charge is 2.73. The zero-order chi connectivity index (χ0) is 27.6. The number of primary amides is 1. The van der Waals surface area contributed by atoms with Crippen molar-refractivity contribution in [3.8, 4) is 0 Å². The predicted octanol–water partition coefficient (Wildman–Crippen LogP) is 0.148. The first-order valence-corrected chi connectivity index (χ1v) is 11.5. The minimum atomic E-state index is -5.14. The van der Waals surface area contributed by atoms with Gasteiger partial charge in [0.15, 0.2) is 5.78 Å². The zero-order valence-corrected chi connectivity index (χ0v) is 19.2. The number of carbonyl (C=O) groups excluding carboxylic acids is 5. The number of ketones is 1. The van der Waals surface area contributed by atoms with Crippen LogP contribution in [0.4, 0.5) is 26.3 Å². The van der Waals surface area contributed by atoms with Crippen molar-refractivity contribution in [3.05, 3.63) is 0 Å². The number of piperidine rings is 1. The molecule has 10 nitrogen and oxygen atoms in total. The molecule has 4 rings (SSSR count). The van der Waals surface area contributed by atoms with Crippen LogP contribution < -0.4 is 16.4 Å². The van der Waals surface area contributed by atoms with E-state index in [1.807, 2.05) is 0 Å². The van der Waals surface area contributed by atoms with Crippen LogP contribution in [0.5, 0.6) is 0 Å². The lowest BCUT2D eigenvalue weighted by atomic mass is 9.74. The first-order valence-electron chi connectivity index (χ1n) is 11.5. The molecule has 206 valence electrons. The van der Waals surface area contributed by atoms with Gasteiger partial charge in [0.1, 0.15) is 18.2 Å². The number of halogens is 6. The lowest BCUT2D eigenvalue weighted by Crippen LogP contribution is -2.58. The van der Waals surface area contributed by atoms with E-state index in [1.54, 1.807) is 5.32 Å². The van der Waals surface area contributed by atoms with E-state index in [4.69, 9.17) is 5.73 Å². The molecule has 4 fully saturated rings. The highest BCUT2D eigenvalue weighted by molar-refractivity contribution is 6.35. The van der Waals surface area contributed by atoms with Crippen molar-refractivity contribution in [2.45, 2.75) is 56.2 Å². The summed E-state index contributed by atoms with van der Waals surface area (Å²) in [6.07, 6.45) is -10.7. The summed E-state index contributed by atoms with van der Waals surface area (Å²) in [4.78, 5) is 63.6. The molecule has 3 unspecified atom stereocenters. The first-order chi connectivity index (χ1) is 17.0. The van der Waals surface area contributed by atoms with Crippen molar-refractivity contribution < 1.29 is 55.1 Å². The van der Waals surface area contributed by atoms with Crippen LogP contribution >= 0.6 is 0 Å². The molecule has 2 aliphatic carbocycles. The van der Waals surface area contributed by atoms with Crippen LogP contribution in [0.15, 0.2) is 0 Å². The van der Waals surface area contributed by atoms with E-state index in [1.165, 1.54) is 0 Å². The van der Waals surface area contributed by atoms with Crippen molar-refractivity contribution in [1.82, 2.24) is 15.5 Å². The number of rotatable bonds is 8. The summed E-state index contributed by atoms with van der Waals surface area (Å²) in [7, 11) is 0. The second kappa shape index (κ2) is 8.84. The van der Waals surface area contributed by atoms with Crippen LogP contribution in [0.2, 0.25) is 0 Å². The quantitative estimate of drug-likeness (QED) is 0.294. The SMILES string of the molecule is NC(=O)C1N(C(=O)C(=O)NC2(C(F)(F)F)CC2)CC2CC21[C@H](C[C@H]1CCNC1=O)C(=O)COC(F)(F)F.